The lowest BCUT2D eigenvalue weighted by Gasteiger charge is -2.22. The van der Waals surface area contributed by atoms with Crippen LogP contribution >= 0.6 is 0 Å². The molecule has 2 aliphatic heterocycles. The fraction of sp³-hybridized carbons (Fsp3) is 0.350. The van der Waals surface area contributed by atoms with Crippen LogP contribution in [-0.2, 0) is 20.4 Å². The summed E-state index contributed by atoms with van der Waals surface area (Å²) in [7, 11) is -3.79. The highest BCUT2D eigenvalue weighted by Gasteiger charge is 2.30. The first kappa shape index (κ1) is 19.4. The van der Waals surface area contributed by atoms with Crippen molar-refractivity contribution in [1.29, 1.82) is 0 Å². The molecule has 1 N–H and O–H groups in total. The van der Waals surface area contributed by atoms with E-state index in [4.69, 9.17) is 18.9 Å². The number of nitrogens with one attached hydrogen (secondary N) is 1. The molecule has 1 unspecified atom stereocenters. The summed E-state index contributed by atoms with van der Waals surface area (Å²) in [5.74, 6) is 1.08. The number of carbonyl (C=O) groups excluding carboxylic acids is 1. The van der Waals surface area contributed by atoms with E-state index >= 15 is 0 Å². The summed E-state index contributed by atoms with van der Waals surface area (Å²) in [6.45, 7) is 3.02. The monoisotopic (exact) mass is 419 g/mol. The Balaban J connectivity index is 1.48. The molecule has 4 rings (SSSR count). The van der Waals surface area contributed by atoms with Crippen LogP contribution in [0.5, 0.6) is 23.0 Å². The Kier molecular flexibility index (Phi) is 5.23. The third-order valence-electron chi connectivity index (χ3n) is 4.72. The van der Waals surface area contributed by atoms with Crippen molar-refractivity contribution in [2.45, 2.75) is 17.9 Å². The molecule has 2 aromatic carbocycles. The second-order valence-corrected chi connectivity index (χ2v) is 9.06. The molecule has 0 aromatic heterocycles. The topological polar surface area (TPSA) is 100 Å². The average molecular weight is 419 g/mol. The number of carbonyl (C=O) groups is 1. The highest BCUT2D eigenvalue weighted by Crippen LogP contribution is 2.35. The van der Waals surface area contributed by atoms with Crippen LogP contribution < -0.4 is 24.3 Å². The van der Waals surface area contributed by atoms with Gasteiger partial charge in [0.05, 0.1) is 5.75 Å². The molecule has 9 heteroatoms. The molecule has 0 fully saturated rings. The first-order valence-corrected chi connectivity index (χ1v) is 11.0. The summed E-state index contributed by atoms with van der Waals surface area (Å²) in [5, 5.41) is 1.38. The van der Waals surface area contributed by atoms with Crippen molar-refractivity contribution in [2.75, 3.05) is 31.7 Å². The summed E-state index contributed by atoms with van der Waals surface area (Å²) in [5.41, 5.74) is 0.913. The van der Waals surface area contributed by atoms with Crippen molar-refractivity contribution >= 4 is 21.4 Å². The summed E-state index contributed by atoms with van der Waals surface area (Å²) in [6, 6.07) is 10.0. The van der Waals surface area contributed by atoms with E-state index in [-0.39, 0.29) is 5.75 Å². The number of hydrogen-bond acceptors (Lipinski definition) is 7. The maximum absolute atomic E-state index is 12.8. The molecular weight excluding hydrogens is 398 g/mol. The largest absolute Gasteiger partial charge is 0.486 e. The average Bonchev–Trinajstić information content (AvgIpc) is 2.73. The number of sulfone groups is 1. The zero-order valence-corrected chi connectivity index (χ0v) is 16.7. The summed E-state index contributed by atoms with van der Waals surface area (Å²) in [6.07, 6.45) is 0. The number of amides is 1. The van der Waals surface area contributed by atoms with Crippen molar-refractivity contribution < 1.29 is 32.2 Å². The van der Waals surface area contributed by atoms with Crippen LogP contribution in [0.4, 0.5) is 5.69 Å². The second-order valence-electron chi connectivity index (χ2n) is 6.74. The minimum Gasteiger partial charge on any atom is -0.486 e. The quantitative estimate of drug-likeness (QED) is 0.793. The summed E-state index contributed by atoms with van der Waals surface area (Å²) >= 11 is 0. The number of anilines is 1. The highest BCUT2D eigenvalue weighted by atomic mass is 32.2. The fourth-order valence-electron chi connectivity index (χ4n) is 3.12. The third kappa shape index (κ3) is 4.09. The number of hydrogen-bond donors (Lipinski definition) is 1. The van der Waals surface area contributed by atoms with Crippen LogP contribution in [0.25, 0.3) is 0 Å². The first-order chi connectivity index (χ1) is 13.9. The number of benzene rings is 2. The first-order valence-electron chi connectivity index (χ1n) is 9.23. The van der Waals surface area contributed by atoms with Gasteiger partial charge < -0.3 is 24.3 Å². The fourth-order valence-corrected chi connectivity index (χ4v) is 4.41. The normalized spacial score (nSPS) is 16.0. The summed E-state index contributed by atoms with van der Waals surface area (Å²) < 4.78 is 47.7. The van der Waals surface area contributed by atoms with Gasteiger partial charge in [-0.05, 0) is 25.1 Å². The van der Waals surface area contributed by atoms with Crippen molar-refractivity contribution in [3.05, 3.63) is 42.0 Å². The predicted octanol–water partition coefficient (Wildman–Crippen LogP) is 2.17. The molecule has 8 nitrogen and oxygen atoms in total. The molecule has 1 amide bonds. The maximum atomic E-state index is 12.8. The molecule has 1 atom stereocenters. The van der Waals surface area contributed by atoms with Crippen molar-refractivity contribution in [3.8, 4) is 23.0 Å². The molecule has 154 valence electrons. The Morgan fingerprint density at radius 2 is 1.66 bits per heavy atom. The molecule has 0 aliphatic carbocycles. The van der Waals surface area contributed by atoms with E-state index in [1.807, 2.05) is 0 Å². The number of rotatable bonds is 5. The molecule has 29 heavy (non-hydrogen) atoms. The molecule has 0 spiro atoms. The number of ether oxygens (including phenoxy) is 4. The maximum Gasteiger partial charge on any atom is 0.242 e. The molecular formula is C20H21NO7S. The zero-order chi connectivity index (χ0) is 20.4. The second kappa shape index (κ2) is 7.82. The van der Waals surface area contributed by atoms with Gasteiger partial charge in [-0.1, -0.05) is 12.1 Å². The number of para-hydroxylation sites is 1. The van der Waals surface area contributed by atoms with Gasteiger partial charge in [-0.2, -0.15) is 0 Å². The van der Waals surface area contributed by atoms with Crippen molar-refractivity contribution in [3.63, 3.8) is 0 Å². The molecule has 0 saturated carbocycles. The van der Waals surface area contributed by atoms with Gasteiger partial charge >= 0.3 is 0 Å². The Morgan fingerprint density at radius 1 is 0.966 bits per heavy atom. The van der Waals surface area contributed by atoms with Gasteiger partial charge in [-0.15, -0.1) is 0 Å². The minimum absolute atomic E-state index is 0.324. The minimum atomic E-state index is -3.79. The lowest BCUT2D eigenvalue weighted by atomic mass is 10.2. The van der Waals surface area contributed by atoms with Crippen molar-refractivity contribution in [1.82, 2.24) is 0 Å². The van der Waals surface area contributed by atoms with Crippen LogP contribution in [0.1, 0.15) is 12.5 Å². The van der Waals surface area contributed by atoms with Crippen LogP contribution in [0.3, 0.4) is 0 Å². The molecule has 2 aliphatic rings. The van der Waals surface area contributed by atoms with E-state index in [0.717, 1.165) is 0 Å². The number of fused-ring (bicyclic) bond motifs is 2. The molecule has 0 saturated heterocycles. The van der Waals surface area contributed by atoms with Crippen LogP contribution in [0, 0.1) is 0 Å². The molecule has 2 aromatic rings. The smallest absolute Gasteiger partial charge is 0.242 e. The van der Waals surface area contributed by atoms with E-state index in [1.54, 1.807) is 36.4 Å². The van der Waals surface area contributed by atoms with Crippen molar-refractivity contribution in [2.24, 2.45) is 0 Å². The lowest BCUT2D eigenvalue weighted by molar-refractivity contribution is -0.115. The van der Waals surface area contributed by atoms with Gasteiger partial charge in [0.1, 0.15) is 31.7 Å². The lowest BCUT2D eigenvalue weighted by Crippen LogP contribution is -2.33. The SMILES string of the molecule is CC(C(=O)Nc1ccc2c(c1)OCCO2)S(=O)(=O)Cc1cccc2c1OCCO2. The Morgan fingerprint density at radius 3 is 2.45 bits per heavy atom. The third-order valence-corrected chi connectivity index (χ3v) is 6.73. The van der Waals surface area contributed by atoms with E-state index in [9.17, 15) is 13.2 Å². The highest BCUT2D eigenvalue weighted by molar-refractivity contribution is 7.92. The van der Waals surface area contributed by atoms with Gasteiger partial charge in [0.15, 0.2) is 32.8 Å². The van der Waals surface area contributed by atoms with Crippen LogP contribution in [0.15, 0.2) is 36.4 Å². The zero-order valence-electron chi connectivity index (χ0n) is 15.8. The molecule has 0 bridgehead atoms. The summed E-state index contributed by atoms with van der Waals surface area (Å²) in [4.78, 5) is 12.6. The van der Waals surface area contributed by atoms with Crippen LogP contribution in [-0.4, -0.2) is 46.0 Å². The Bertz CT molecular complexity index is 1040. The molecule has 2 heterocycles. The van der Waals surface area contributed by atoms with E-state index in [1.165, 1.54) is 6.92 Å². The van der Waals surface area contributed by atoms with Crippen LogP contribution in [0.2, 0.25) is 0 Å². The van der Waals surface area contributed by atoms with E-state index < -0.39 is 21.0 Å². The standard InChI is InChI=1S/C20H21NO7S/c1-13(20(22)21-15-5-6-16-18(11-15)27-8-7-25-16)29(23,24)12-14-3-2-4-17-19(14)28-10-9-26-17/h2-6,11,13H,7-10,12H2,1H3,(H,21,22). The van der Waals surface area contributed by atoms with E-state index in [0.29, 0.717) is 60.7 Å². The molecule has 0 radical (unpaired) electrons. The predicted molar refractivity (Wildman–Crippen MR) is 106 cm³/mol. The Labute approximate surface area is 168 Å². The van der Waals surface area contributed by atoms with E-state index in [2.05, 4.69) is 5.32 Å². The van der Waals surface area contributed by atoms with Gasteiger partial charge in [0, 0.05) is 17.3 Å². The van der Waals surface area contributed by atoms with Gasteiger partial charge in [0.25, 0.3) is 0 Å². The Hall–Kier alpha value is -2.94. The van der Waals surface area contributed by atoms with Gasteiger partial charge in [0.2, 0.25) is 5.91 Å². The van der Waals surface area contributed by atoms with Gasteiger partial charge in [-0.25, -0.2) is 8.42 Å². The van der Waals surface area contributed by atoms with Gasteiger partial charge in [-0.3, -0.25) is 4.79 Å².